The zero-order valence-corrected chi connectivity index (χ0v) is 27.3. The molecule has 5 rings (SSSR count). The molecule has 1 aromatic heterocycles. The molecule has 42 heavy (non-hydrogen) atoms. The lowest BCUT2D eigenvalue weighted by Gasteiger charge is -2.44. The Hall–Kier alpha value is -1.76. The fourth-order valence-corrected chi connectivity index (χ4v) is 9.66. The van der Waals surface area contributed by atoms with Crippen molar-refractivity contribution in [1.82, 2.24) is 4.98 Å². The number of carbonyl (C=O) groups excluding carboxylic acids is 1. The Balaban J connectivity index is 1.29. The summed E-state index contributed by atoms with van der Waals surface area (Å²) in [5.74, 6) is 1.65. The molecule has 232 valence electrons. The first-order valence-electron chi connectivity index (χ1n) is 16.6. The Morgan fingerprint density at radius 3 is 2.64 bits per heavy atom. The van der Waals surface area contributed by atoms with E-state index in [1.54, 1.807) is 11.3 Å². The fourth-order valence-electron chi connectivity index (χ4n) is 8.56. The quantitative estimate of drug-likeness (QED) is 0.268. The lowest BCUT2D eigenvalue weighted by atomic mass is 9.60. The molecule has 2 N–H and O–H groups in total. The number of ether oxygens (including phenoxy) is 1. The number of hydrogen-bond acceptors (Lipinski definition) is 6. The summed E-state index contributed by atoms with van der Waals surface area (Å²) in [4.78, 5) is 17.9. The highest BCUT2D eigenvalue weighted by Gasteiger charge is 2.56. The first-order valence-corrected chi connectivity index (χ1v) is 17.4. The van der Waals surface area contributed by atoms with E-state index in [1.165, 1.54) is 31.3 Å². The van der Waals surface area contributed by atoms with Gasteiger partial charge in [-0.05, 0) is 112 Å². The van der Waals surface area contributed by atoms with Gasteiger partial charge in [0.05, 0.1) is 23.5 Å². The van der Waals surface area contributed by atoms with Crippen molar-refractivity contribution in [2.24, 2.45) is 29.1 Å². The molecule has 4 aliphatic rings. The fraction of sp³-hybridized carbons (Fsp3) is 0.722. The molecule has 4 saturated carbocycles. The van der Waals surface area contributed by atoms with E-state index in [0.717, 1.165) is 60.4 Å². The predicted molar refractivity (Wildman–Crippen MR) is 170 cm³/mol. The van der Waals surface area contributed by atoms with Crippen molar-refractivity contribution in [3.8, 4) is 0 Å². The lowest BCUT2D eigenvalue weighted by molar-refractivity contribution is -0.156. The first kappa shape index (κ1) is 31.7. The number of nitrogens with zero attached hydrogens (tertiary/aromatic N) is 1. The molecule has 6 heteroatoms. The molecule has 1 heterocycles. The minimum atomic E-state index is -0.644. The number of aromatic nitrogens is 1. The summed E-state index contributed by atoms with van der Waals surface area (Å²) in [6.07, 6.45) is 15.1. The van der Waals surface area contributed by atoms with Crippen molar-refractivity contribution in [2.75, 3.05) is 0 Å². The SMILES string of the molecule is C=C1/C(=C\C=C2/CCC[C@]3(C)[C@@H]([C@H](C)CC[C@@H](OC(=O)C(C)CC)C4(c5nc(C)cs5)CC4)CC[C@@H]23)C[C@@H](O)C[C@@H]1O. The maximum Gasteiger partial charge on any atom is 0.308 e. The number of esters is 1. The molecule has 4 fully saturated rings. The Bertz CT molecular complexity index is 1210. The van der Waals surface area contributed by atoms with Crippen LogP contribution in [-0.4, -0.2) is 39.5 Å². The first-order chi connectivity index (χ1) is 20.0. The van der Waals surface area contributed by atoms with Crippen LogP contribution in [0.1, 0.15) is 115 Å². The van der Waals surface area contributed by atoms with Crippen LogP contribution < -0.4 is 0 Å². The minimum Gasteiger partial charge on any atom is -0.461 e. The van der Waals surface area contributed by atoms with Crippen molar-refractivity contribution in [1.29, 1.82) is 0 Å². The second kappa shape index (κ2) is 12.7. The smallest absolute Gasteiger partial charge is 0.308 e. The maximum absolute atomic E-state index is 13.0. The molecule has 0 saturated heterocycles. The standard InChI is InChI=1S/C36H53NO4S/c1-7-22(2)33(40)41-32(36(17-18-36)34-37-24(4)21-42-34)15-10-23(3)29-13-14-30-26(9-8-16-35(29,30)6)11-12-27-19-28(38)20-31(39)25(27)5/h11-12,21-23,28-32,38-39H,5,7-10,13-20H2,1-4,6H3/b26-11+,27-12-/t22?,23-,28-,29-,30+,31+,32-,35-/m1/s1. The van der Waals surface area contributed by atoms with Crippen LogP contribution in [-0.2, 0) is 14.9 Å². The predicted octanol–water partition coefficient (Wildman–Crippen LogP) is 8.00. The van der Waals surface area contributed by atoms with E-state index in [-0.39, 0.29) is 28.8 Å². The average molecular weight is 596 g/mol. The monoisotopic (exact) mass is 595 g/mol. The molecule has 0 spiro atoms. The van der Waals surface area contributed by atoms with E-state index in [0.29, 0.717) is 30.6 Å². The van der Waals surface area contributed by atoms with Gasteiger partial charge in [-0.1, -0.05) is 52.0 Å². The summed E-state index contributed by atoms with van der Waals surface area (Å²) < 4.78 is 6.34. The van der Waals surface area contributed by atoms with Gasteiger partial charge >= 0.3 is 5.97 Å². The number of hydrogen-bond donors (Lipinski definition) is 2. The number of fused-ring (bicyclic) bond motifs is 1. The third kappa shape index (κ3) is 6.23. The number of allylic oxidation sites excluding steroid dienone is 3. The Morgan fingerprint density at radius 2 is 1.98 bits per heavy atom. The van der Waals surface area contributed by atoms with Crippen LogP contribution in [0.4, 0.5) is 0 Å². The van der Waals surface area contributed by atoms with E-state index in [9.17, 15) is 15.0 Å². The van der Waals surface area contributed by atoms with Crippen molar-refractivity contribution in [3.05, 3.63) is 51.5 Å². The summed E-state index contributed by atoms with van der Waals surface area (Å²) in [5, 5.41) is 23.8. The zero-order chi connectivity index (χ0) is 30.2. The molecular formula is C36H53NO4S. The van der Waals surface area contributed by atoms with Crippen LogP contribution >= 0.6 is 11.3 Å². The van der Waals surface area contributed by atoms with Crippen molar-refractivity contribution in [3.63, 3.8) is 0 Å². The number of aliphatic hydroxyl groups excluding tert-OH is 2. The largest absolute Gasteiger partial charge is 0.461 e. The van der Waals surface area contributed by atoms with Crippen LogP contribution in [0, 0.1) is 36.0 Å². The van der Waals surface area contributed by atoms with Gasteiger partial charge in [-0.2, -0.15) is 0 Å². The second-order valence-electron chi connectivity index (χ2n) is 14.4. The molecule has 8 atom stereocenters. The minimum absolute atomic E-state index is 0.0561. The van der Waals surface area contributed by atoms with Crippen LogP contribution in [0.25, 0.3) is 0 Å². The molecule has 1 aromatic rings. The van der Waals surface area contributed by atoms with E-state index >= 15 is 0 Å². The molecule has 0 aliphatic heterocycles. The van der Waals surface area contributed by atoms with Gasteiger partial charge in [-0.15, -0.1) is 11.3 Å². The van der Waals surface area contributed by atoms with Gasteiger partial charge < -0.3 is 14.9 Å². The number of aliphatic hydroxyl groups is 2. The summed E-state index contributed by atoms with van der Waals surface area (Å²) in [7, 11) is 0. The topological polar surface area (TPSA) is 79.7 Å². The molecule has 0 amide bonds. The third-order valence-corrected chi connectivity index (χ3v) is 12.8. The molecule has 0 bridgehead atoms. The number of thiazole rings is 1. The number of carbonyl (C=O) groups is 1. The number of aryl methyl sites for hydroxylation is 1. The van der Waals surface area contributed by atoms with Gasteiger partial charge in [0.1, 0.15) is 11.1 Å². The highest BCUT2D eigenvalue weighted by Crippen LogP contribution is 2.60. The molecule has 1 unspecified atom stereocenters. The van der Waals surface area contributed by atoms with Crippen LogP contribution in [0.15, 0.2) is 40.8 Å². The summed E-state index contributed by atoms with van der Waals surface area (Å²) in [5.41, 5.74) is 4.53. The normalized spacial score (nSPS) is 34.7. The van der Waals surface area contributed by atoms with E-state index in [2.05, 4.69) is 51.8 Å². The Labute approximate surface area is 257 Å². The molecule has 0 aromatic carbocycles. The highest BCUT2D eigenvalue weighted by molar-refractivity contribution is 7.09. The molecular weight excluding hydrogens is 542 g/mol. The van der Waals surface area contributed by atoms with Gasteiger partial charge in [0.2, 0.25) is 0 Å². The van der Waals surface area contributed by atoms with Crippen LogP contribution in [0.3, 0.4) is 0 Å². The van der Waals surface area contributed by atoms with E-state index in [1.807, 2.05) is 6.92 Å². The molecule has 0 radical (unpaired) electrons. The Morgan fingerprint density at radius 1 is 1.21 bits per heavy atom. The van der Waals surface area contributed by atoms with Gasteiger partial charge in [-0.3, -0.25) is 4.79 Å². The van der Waals surface area contributed by atoms with Gasteiger partial charge in [0, 0.05) is 17.5 Å². The van der Waals surface area contributed by atoms with Crippen molar-refractivity contribution < 1.29 is 19.7 Å². The lowest BCUT2D eigenvalue weighted by Crippen LogP contribution is -2.37. The second-order valence-corrected chi connectivity index (χ2v) is 15.3. The van der Waals surface area contributed by atoms with Gasteiger partial charge in [0.15, 0.2) is 0 Å². The molecule has 4 aliphatic carbocycles. The average Bonchev–Trinajstić information content (AvgIpc) is 3.51. The Kier molecular flexibility index (Phi) is 9.57. The maximum atomic E-state index is 13.0. The molecule has 5 nitrogen and oxygen atoms in total. The van der Waals surface area contributed by atoms with E-state index < -0.39 is 12.2 Å². The highest BCUT2D eigenvalue weighted by atomic mass is 32.1. The van der Waals surface area contributed by atoms with Gasteiger partial charge in [-0.25, -0.2) is 4.98 Å². The van der Waals surface area contributed by atoms with Gasteiger partial charge in [0.25, 0.3) is 0 Å². The summed E-state index contributed by atoms with van der Waals surface area (Å²) >= 11 is 1.73. The zero-order valence-electron chi connectivity index (χ0n) is 26.5. The third-order valence-electron chi connectivity index (χ3n) is 11.6. The number of rotatable bonds is 10. The summed E-state index contributed by atoms with van der Waals surface area (Å²) in [6.45, 7) is 15.2. The van der Waals surface area contributed by atoms with Crippen molar-refractivity contribution in [2.45, 2.75) is 135 Å². The van der Waals surface area contributed by atoms with Crippen molar-refractivity contribution >= 4 is 17.3 Å². The van der Waals surface area contributed by atoms with E-state index in [4.69, 9.17) is 9.72 Å². The van der Waals surface area contributed by atoms with Crippen LogP contribution in [0.2, 0.25) is 0 Å². The van der Waals surface area contributed by atoms with Crippen LogP contribution in [0.5, 0.6) is 0 Å². The summed E-state index contributed by atoms with van der Waals surface area (Å²) in [6, 6.07) is 0.